The fraction of sp³-hybridized carbons (Fsp3) is 0.312. The number of hydrogen-bond acceptors (Lipinski definition) is 5. The van der Waals surface area contributed by atoms with Crippen molar-refractivity contribution in [2.75, 3.05) is 6.54 Å². The van der Waals surface area contributed by atoms with Crippen LogP contribution in [0.3, 0.4) is 0 Å². The van der Waals surface area contributed by atoms with Crippen LogP contribution in [0.25, 0.3) is 21.6 Å². The van der Waals surface area contributed by atoms with E-state index in [4.69, 9.17) is 5.73 Å². The third-order valence-electron chi connectivity index (χ3n) is 3.73. The van der Waals surface area contributed by atoms with Crippen LogP contribution in [-0.2, 0) is 0 Å². The largest absolute Gasteiger partial charge is 0.330 e. The Morgan fingerprint density at radius 2 is 1.95 bits per heavy atom. The molecule has 1 unspecified atom stereocenters. The highest BCUT2D eigenvalue weighted by atomic mass is 32.1. The van der Waals surface area contributed by atoms with Gasteiger partial charge in [-0.05, 0) is 49.4 Å². The van der Waals surface area contributed by atoms with E-state index >= 15 is 0 Å². The highest BCUT2D eigenvalue weighted by Crippen LogP contribution is 2.27. The fourth-order valence-electron chi connectivity index (χ4n) is 2.65. The van der Waals surface area contributed by atoms with Gasteiger partial charge in [0.15, 0.2) is 5.82 Å². The van der Waals surface area contributed by atoms with Crippen LogP contribution in [0.15, 0.2) is 23.7 Å². The summed E-state index contributed by atoms with van der Waals surface area (Å²) in [5, 5.41) is 2.05. The standard InChI is InChI=1S/C16H18N4S/c1-9(7-17)15-10(2)19-16(20-11(15)3)12-6-14-13(18-8-12)4-5-21-14/h4-6,8-9H,7,17H2,1-3H3. The lowest BCUT2D eigenvalue weighted by Crippen LogP contribution is -2.14. The first kappa shape index (κ1) is 14.1. The van der Waals surface area contributed by atoms with E-state index < -0.39 is 0 Å². The summed E-state index contributed by atoms with van der Waals surface area (Å²) in [5.74, 6) is 1.01. The van der Waals surface area contributed by atoms with Gasteiger partial charge in [-0.1, -0.05) is 6.92 Å². The summed E-state index contributed by atoms with van der Waals surface area (Å²) >= 11 is 1.68. The molecule has 0 spiro atoms. The number of nitrogens with zero attached hydrogens (tertiary/aromatic N) is 3. The molecule has 0 amide bonds. The SMILES string of the molecule is Cc1nc(-c2cnc3ccsc3c2)nc(C)c1C(C)CN. The third kappa shape index (κ3) is 2.54. The van der Waals surface area contributed by atoms with Crippen LogP contribution < -0.4 is 5.73 Å². The lowest BCUT2D eigenvalue weighted by molar-refractivity contribution is 0.744. The van der Waals surface area contributed by atoms with Crippen molar-refractivity contribution in [3.05, 3.63) is 40.7 Å². The van der Waals surface area contributed by atoms with Crippen LogP contribution >= 0.6 is 11.3 Å². The first-order chi connectivity index (χ1) is 10.1. The molecule has 5 heteroatoms. The minimum atomic E-state index is 0.275. The quantitative estimate of drug-likeness (QED) is 0.804. The van der Waals surface area contributed by atoms with Gasteiger partial charge in [0.05, 0.1) is 10.2 Å². The van der Waals surface area contributed by atoms with Crippen molar-refractivity contribution in [2.45, 2.75) is 26.7 Å². The van der Waals surface area contributed by atoms with E-state index in [9.17, 15) is 0 Å². The molecule has 0 saturated carbocycles. The Bertz CT molecular complexity index is 771. The molecule has 0 aliphatic heterocycles. The highest BCUT2D eigenvalue weighted by molar-refractivity contribution is 7.17. The van der Waals surface area contributed by atoms with E-state index in [1.165, 1.54) is 0 Å². The molecule has 2 N–H and O–H groups in total. The van der Waals surface area contributed by atoms with E-state index in [0.29, 0.717) is 6.54 Å². The molecule has 1 atom stereocenters. The van der Waals surface area contributed by atoms with Crippen LogP contribution in [0, 0.1) is 13.8 Å². The van der Waals surface area contributed by atoms with Crippen LogP contribution in [-0.4, -0.2) is 21.5 Å². The van der Waals surface area contributed by atoms with E-state index in [0.717, 1.165) is 38.6 Å². The Balaban J connectivity index is 2.10. The van der Waals surface area contributed by atoms with Gasteiger partial charge in [0.1, 0.15) is 0 Å². The minimum Gasteiger partial charge on any atom is -0.330 e. The molecule has 3 aromatic heterocycles. The Hall–Kier alpha value is -1.85. The predicted octanol–water partition coefficient (Wildman–Crippen LogP) is 3.43. The Kier molecular flexibility index (Phi) is 3.69. The molecule has 0 radical (unpaired) electrons. The lowest BCUT2D eigenvalue weighted by Gasteiger charge is -2.15. The molecule has 3 rings (SSSR count). The summed E-state index contributed by atoms with van der Waals surface area (Å²) in [4.78, 5) is 13.8. The van der Waals surface area contributed by atoms with Gasteiger partial charge in [-0.25, -0.2) is 9.97 Å². The second-order valence-corrected chi connectivity index (χ2v) is 6.24. The summed E-state index contributed by atoms with van der Waals surface area (Å²) in [6, 6.07) is 4.13. The third-order valence-corrected chi connectivity index (χ3v) is 4.59. The highest BCUT2D eigenvalue weighted by Gasteiger charge is 2.15. The van der Waals surface area contributed by atoms with Crippen molar-refractivity contribution >= 4 is 21.6 Å². The van der Waals surface area contributed by atoms with E-state index in [-0.39, 0.29) is 5.92 Å². The molecule has 0 bridgehead atoms. The molecule has 3 aromatic rings. The molecular formula is C16H18N4S. The van der Waals surface area contributed by atoms with Crippen LogP contribution in [0.1, 0.15) is 29.8 Å². The van der Waals surface area contributed by atoms with Crippen molar-refractivity contribution in [1.29, 1.82) is 0 Å². The van der Waals surface area contributed by atoms with Gasteiger partial charge in [0.25, 0.3) is 0 Å². The van der Waals surface area contributed by atoms with Crippen molar-refractivity contribution in [1.82, 2.24) is 15.0 Å². The Morgan fingerprint density at radius 3 is 2.62 bits per heavy atom. The van der Waals surface area contributed by atoms with Crippen molar-refractivity contribution in [3.8, 4) is 11.4 Å². The summed E-state index contributed by atoms with van der Waals surface area (Å²) < 4.78 is 1.16. The second-order valence-electron chi connectivity index (χ2n) is 5.30. The first-order valence-corrected chi connectivity index (χ1v) is 7.87. The zero-order chi connectivity index (χ0) is 15.0. The number of nitrogens with two attached hydrogens (primary N) is 1. The first-order valence-electron chi connectivity index (χ1n) is 6.99. The van der Waals surface area contributed by atoms with Crippen LogP contribution in [0.2, 0.25) is 0 Å². The average molecular weight is 298 g/mol. The lowest BCUT2D eigenvalue weighted by atomic mass is 9.98. The topological polar surface area (TPSA) is 64.7 Å². The molecule has 21 heavy (non-hydrogen) atoms. The van der Waals surface area contributed by atoms with Gasteiger partial charge in [0, 0.05) is 23.1 Å². The Morgan fingerprint density at radius 1 is 1.24 bits per heavy atom. The Labute approximate surface area is 128 Å². The zero-order valence-corrected chi connectivity index (χ0v) is 13.2. The maximum atomic E-state index is 5.78. The summed E-state index contributed by atoms with van der Waals surface area (Å²) in [6.45, 7) is 6.76. The van der Waals surface area contributed by atoms with Gasteiger partial charge < -0.3 is 5.73 Å². The normalized spacial score (nSPS) is 12.8. The second kappa shape index (κ2) is 5.50. The summed E-state index contributed by atoms with van der Waals surface area (Å²) in [6.07, 6.45) is 1.84. The van der Waals surface area contributed by atoms with Gasteiger partial charge in [-0.3, -0.25) is 4.98 Å². The zero-order valence-electron chi connectivity index (χ0n) is 12.4. The van der Waals surface area contributed by atoms with Crippen molar-refractivity contribution < 1.29 is 0 Å². The maximum Gasteiger partial charge on any atom is 0.161 e. The number of pyridine rings is 1. The van der Waals surface area contributed by atoms with Crippen LogP contribution in [0.4, 0.5) is 0 Å². The maximum absolute atomic E-state index is 5.78. The molecule has 0 aliphatic carbocycles. The number of fused-ring (bicyclic) bond motifs is 1. The molecule has 108 valence electrons. The van der Waals surface area contributed by atoms with E-state index in [1.54, 1.807) is 11.3 Å². The average Bonchev–Trinajstić information content (AvgIpc) is 2.93. The molecule has 0 saturated heterocycles. The fourth-order valence-corrected chi connectivity index (χ4v) is 3.43. The molecule has 4 nitrogen and oxygen atoms in total. The molecule has 0 fully saturated rings. The molecule has 0 aromatic carbocycles. The van der Waals surface area contributed by atoms with Crippen molar-refractivity contribution in [2.24, 2.45) is 5.73 Å². The monoisotopic (exact) mass is 298 g/mol. The van der Waals surface area contributed by atoms with Gasteiger partial charge in [0.2, 0.25) is 0 Å². The number of rotatable bonds is 3. The minimum absolute atomic E-state index is 0.275. The molecule has 3 heterocycles. The van der Waals surface area contributed by atoms with Crippen LogP contribution in [0.5, 0.6) is 0 Å². The number of hydrogen-bond donors (Lipinski definition) is 1. The summed E-state index contributed by atoms with van der Waals surface area (Å²) in [7, 11) is 0. The predicted molar refractivity (Wildman–Crippen MR) is 87.6 cm³/mol. The molecule has 0 aliphatic rings. The van der Waals surface area contributed by atoms with Crippen molar-refractivity contribution in [3.63, 3.8) is 0 Å². The molecular weight excluding hydrogens is 280 g/mol. The van der Waals surface area contributed by atoms with Gasteiger partial charge >= 0.3 is 0 Å². The van der Waals surface area contributed by atoms with E-state index in [2.05, 4.69) is 27.9 Å². The smallest absolute Gasteiger partial charge is 0.161 e. The summed E-state index contributed by atoms with van der Waals surface area (Å²) in [5.41, 5.74) is 10.9. The number of thiophene rings is 1. The van der Waals surface area contributed by atoms with Gasteiger partial charge in [-0.2, -0.15) is 0 Å². The number of aromatic nitrogens is 3. The number of aryl methyl sites for hydroxylation is 2. The van der Waals surface area contributed by atoms with Gasteiger partial charge in [-0.15, -0.1) is 11.3 Å². The van der Waals surface area contributed by atoms with E-state index in [1.807, 2.05) is 31.5 Å².